The fraction of sp³-hybridized carbons (Fsp3) is 0.429. The van der Waals surface area contributed by atoms with E-state index in [1.165, 1.54) is 50.1 Å². The average Bonchev–Trinajstić information content (AvgIpc) is 3.49. The van der Waals surface area contributed by atoms with Crippen molar-refractivity contribution in [3.05, 3.63) is 45.1 Å². The third kappa shape index (κ3) is 3.36. The summed E-state index contributed by atoms with van der Waals surface area (Å²) in [6.45, 7) is 17.8. The molecule has 2 aliphatic rings. The Kier molecular flexibility index (Phi) is 5.01. The number of hydrogen-bond acceptors (Lipinski definition) is 6. The Morgan fingerprint density at radius 3 is 1.29 bits per heavy atom. The summed E-state index contributed by atoms with van der Waals surface area (Å²) in [7, 11) is 0. The van der Waals surface area contributed by atoms with Gasteiger partial charge in [-0.25, -0.2) is 0 Å². The lowest BCUT2D eigenvalue weighted by atomic mass is 9.94. The minimum absolute atomic E-state index is 0.335. The fourth-order valence-electron chi connectivity index (χ4n) is 4.74. The van der Waals surface area contributed by atoms with Crippen molar-refractivity contribution in [3.63, 3.8) is 0 Å². The van der Waals surface area contributed by atoms with Crippen LogP contribution < -0.4 is 9.47 Å². The van der Waals surface area contributed by atoms with Gasteiger partial charge in [0.2, 0.25) is 0 Å². The smallest absolute Gasteiger partial charge is 0.140 e. The molecule has 0 radical (unpaired) electrons. The van der Waals surface area contributed by atoms with E-state index in [0.29, 0.717) is 11.8 Å². The molecule has 0 saturated carbocycles. The molecule has 0 atom stereocenters. The largest absolute Gasteiger partial charge is 0.482 e. The molecule has 0 bridgehead atoms. The molecule has 4 aromatic rings. The third-order valence-corrected chi connectivity index (χ3v) is 12.3. The van der Waals surface area contributed by atoms with Gasteiger partial charge in [-0.15, -0.1) is 45.3 Å². The normalized spacial score (nSPS) is 17.1. The van der Waals surface area contributed by atoms with Crippen molar-refractivity contribution in [1.82, 2.24) is 0 Å². The summed E-state index contributed by atoms with van der Waals surface area (Å²) in [5.41, 5.74) is 1.94. The van der Waals surface area contributed by atoms with Crippen molar-refractivity contribution in [1.29, 1.82) is 0 Å². The first-order chi connectivity index (χ1) is 15.9. The molecular weight excluding hydrogens is 497 g/mol. The zero-order valence-corrected chi connectivity index (χ0v) is 24.2. The van der Waals surface area contributed by atoms with Gasteiger partial charge in [0.15, 0.2) is 0 Å². The van der Waals surface area contributed by atoms with Crippen LogP contribution in [0.5, 0.6) is 11.5 Å². The average molecular weight is 527 g/mol. The highest BCUT2D eigenvalue weighted by Crippen LogP contribution is 2.58. The minimum Gasteiger partial charge on any atom is -0.482 e. The van der Waals surface area contributed by atoms with Crippen LogP contribution in [0.2, 0.25) is 0 Å². The predicted octanol–water partition coefficient (Wildman–Crippen LogP) is 10.4. The highest BCUT2D eigenvalue weighted by Gasteiger charge is 2.39. The first kappa shape index (κ1) is 22.8. The lowest BCUT2D eigenvalue weighted by Crippen LogP contribution is -2.27. The maximum Gasteiger partial charge on any atom is 0.140 e. The van der Waals surface area contributed by atoms with Gasteiger partial charge in [-0.2, -0.15) is 0 Å². The molecule has 4 aromatic heterocycles. The summed E-state index contributed by atoms with van der Waals surface area (Å²) in [5, 5.41) is 0. The number of hydrogen-bond donors (Lipinski definition) is 0. The van der Waals surface area contributed by atoms with Crippen molar-refractivity contribution in [2.45, 2.75) is 78.4 Å². The molecule has 2 aliphatic heterocycles. The summed E-state index contributed by atoms with van der Waals surface area (Å²) in [4.78, 5) is 10.8. The van der Waals surface area contributed by atoms with Crippen LogP contribution in [0.25, 0.3) is 29.3 Å². The monoisotopic (exact) mass is 526 g/mol. The molecule has 0 aromatic carbocycles. The second-order valence-corrected chi connectivity index (χ2v) is 15.2. The Labute approximate surface area is 218 Å². The number of thiophene rings is 4. The van der Waals surface area contributed by atoms with Crippen molar-refractivity contribution < 1.29 is 9.47 Å². The molecule has 6 rings (SSSR count). The molecule has 0 fully saturated rings. The van der Waals surface area contributed by atoms with Crippen LogP contribution in [0.4, 0.5) is 0 Å². The van der Waals surface area contributed by atoms with Crippen molar-refractivity contribution >= 4 is 45.3 Å². The van der Waals surface area contributed by atoms with Gasteiger partial charge in [0.25, 0.3) is 0 Å². The molecule has 0 saturated heterocycles. The Hall–Kier alpha value is -1.60. The number of rotatable bonds is 3. The third-order valence-electron chi connectivity index (χ3n) is 6.72. The van der Waals surface area contributed by atoms with Crippen LogP contribution in [-0.4, -0.2) is 0 Å². The molecular formula is C28H30O2S4. The SMILES string of the molecule is CC(C)c1cc2c(s1)-c1sc(-c3cc4c(s3)-c3sc(C(C)C)cc3OC4(C)C)cc1C(C)(C)O2. The van der Waals surface area contributed by atoms with E-state index in [0.717, 1.165) is 11.5 Å². The molecule has 6 heteroatoms. The van der Waals surface area contributed by atoms with Crippen molar-refractivity contribution in [2.75, 3.05) is 0 Å². The summed E-state index contributed by atoms with van der Waals surface area (Å²) < 4.78 is 13.0. The standard InChI is InChI=1S/C28H30O2S4/c1-13(2)19-11-17-25(31-19)23-15(27(5,6)29-17)9-21(33-23)22-10-16-24(34-22)26-18(30-28(16,7)8)12-20(32-26)14(3)4/h9-14H,1-8H3. The quantitative estimate of drug-likeness (QED) is 0.264. The van der Waals surface area contributed by atoms with Crippen LogP contribution in [0, 0.1) is 0 Å². The molecule has 178 valence electrons. The summed E-state index contributed by atoms with van der Waals surface area (Å²) in [6, 6.07) is 9.25. The summed E-state index contributed by atoms with van der Waals surface area (Å²) >= 11 is 7.61. The van der Waals surface area contributed by atoms with E-state index in [2.05, 4.69) is 79.7 Å². The van der Waals surface area contributed by atoms with Gasteiger partial charge in [-0.1, -0.05) is 27.7 Å². The van der Waals surface area contributed by atoms with Gasteiger partial charge in [0.1, 0.15) is 22.7 Å². The van der Waals surface area contributed by atoms with Crippen LogP contribution in [0.3, 0.4) is 0 Å². The highest BCUT2D eigenvalue weighted by atomic mass is 32.1. The molecule has 2 nitrogen and oxygen atoms in total. The van der Waals surface area contributed by atoms with Crippen LogP contribution in [0.15, 0.2) is 24.3 Å². The number of ether oxygens (including phenoxy) is 2. The molecule has 6 heterocycles. The van der Waals surface area contributed by atoms with Gasteiger partial charge in [-0.05, 0) is 63.8 Å². The van der Waals surface area contributed by atoms with Crippen molar-refractivity contribution in [3.8, 4) is 40.8 Å². The van der Waals surface area contributed by atoms with E-state index in [1.807, 2.05) is 45.3 Å². The molecule has 34 heavy (non-hydrogen) atoms. The number of fused-ring (bicyclic) bond motifs is 6. The Balaban J connectivity index is 1.49. The van der Waals surface area contributed by atoms with E-state index in [-0.39, 0.29) is 11.2 Å². The Morgan fingerprint density at radius 2 is 0.941 bits per heavy atom. The van der Waals surface area contributed by atoms with E-state index < -0.39 is 0 Å². The van der Waals surface area contributed by atoms with Crippen LogP contribution >= 0.6 is 45.3 Å². The van der Waals surface area contributed by atoms with E-state index in [9.17, 15) is 0 Å². The zero-order valence-electron chi connectivity index (χ0n) is 20.9. The second kappa shape index (κ2) is 7.45. The zero-order chi connectivity index (χ0) is 24.2. The maximum absolute atomic E-state index is 6.51. The maximum atomic E-state index is 6.51. The molecule has 0 N–H and O–H groups in total. The molecule has 0 spiro atoms. The second-order valence-electron chi connectivity index (χ2n) is 10.9. The first-order valence-electron chi connectivity index (χ1n) is 11.9. The minimum atomic E-state index is -0.335. The van der Waals surface area contributed by atoms with Crippen LogP contribution in [-0.2, 0) is 11.2 Å². The molecule has 0 aliphatic carbocycles. The Bertz CT molecular complexity index is 1310. The lowest BCUT2D eigenvalue weighted by molar-refractivity contribution is 0.107. The van der Waals surface area contributed by atoms with Gasteiger partial charge >= 0.3 is 0 Å². The topological polar surface area (TPSA) is 18.5 Å². The highest BCUT2D eigenvalue weighted by molar-refractivity contribution is 7.29. The Morgan fingerprint density at radius 1 is 0.559 bits per heavy atom. The molecule has 0 amide bonds. The summed E-state index contributed by atoms with van der Waals surface area (Å²) in [5.74, 6) is 3.10. The van der Waals surface area contributed by atoms with E-state index in [4.69, 9.17) is 9.47 Å². The molecule has 0 unspecified atom stereocenters. The summed E-state index contributed by atoms with van der Waals surface area (Å²) in [6.07, 6.45) is 0. The van der Waals surface area contributed by atoms with E-state index >= 15 is 0 Å². The van der Waals surface area contributed by atoms with Crippen LogP contribution in [0.1, 0.15) is 88.1 Å². The van der Waals surface area contributed by atoms with E-state index in [1.54, 1.807) is 0 Å². The predicted molar refractivity (Wildman–Crippen MR) is 150 cm³/mol. The van der Waals surface area contributed by atoms with Gasteiger partial charge in [0.05, 0.1) is 19.5 Å². The van der Waals surface area contributed by atoms with Gasteiger partial charge < -0.3 is 9.47 Å². The van der Waals surface area contributed by atoms with Gasteiger partial charge in [-0.3, -0.25) is 0 Å². The lowest BCUT2D eigenvalue weighted by Gasteiger charge is -2.31. The first-order valence-corrected chi connectivity index (χ1v) is 15.2. The fourth-order valence-corrected chi connectivity index (χ4v) is 9.90. The van der Waals surface area contributed by atoms with Crippen molar-refractivity contribution in [2.24, 2.45) is 0 Å². The van der Waals surface area contributed by atoms with Gasteiger partial charge in [0, 0.05) is 30.6 Å².